The van der Waals surface area contributed by atoms with Crippen LogP contribution in [0.25, 0.3) is 0 Å². The standard InChI is InChI=1S/C23H40N4O3.HI/c1-4-6-13-29-15-16-30-14-11-25-23(24-5-2)26-18-20-10-12-27(19-20)21-8-7-9-22(17-21)28-3;/h7-9,17,20H,4-6,10-16,18-19H2,1-3H3,(H2,24,25,26);1H. The van der Waals surface area contributed by atoms with Crippen LogP contribution in [-0.2, 0) is 9.47 Å². The zero-order valence-corrected chi connectivity index (χ0v) is 21.7. The minimum absolute atomic E-state index is 0. The number of halogens is 1. The van der Waals surface area contributed by atoms with Crippen molar-refractivity contribution in [3.05, 3.63) is 24.3 Å². The maximum Gasteiger partial charge on any atom is 0.191 e. The first-order valence-corrected chi connectivity index (χ1v) is 11.3. The van der Waals surface area contributed by atoms with Crippen molar-refractivity contribution in [2.24, 2.45) is 10.9 Å². The first-order valence-electron chi connectivity index (χ1n) is 11.3. The van der Waals surface area contributed by atoms with Gasteiger partial charge in [0.1, 0.15) is 5.75 Å². The number of hydrogen-bond acceptors (Lipinski definition) is 5. The summed E-state index contributed by atoms with van der Waals surface area (Å²) in [5, 5.41) is 6.68. The van der Waals surface area contributed by atoms with E-state index in [-0.39, 0.29) is 24.0 Å². The van der Waals surface area contributed by atoms with Crippen LogP contribution in [0.3, 0.4) is 0 Å². The fourth-order valence-corrected chi connectivity index (χ4v) is 3.40. The molecule has 0 spiro atoms. The van der Waals surface area contributed by atoms with Crippen LogP contribution < -0.4 is 20.3 Å². The highest BCUT2D eigenvalue weighted by molar-refractivity contribution is 14.0. The summed E-state index contributed by atoms with van der Waals surface area (Å²) in [7, 11) is 1.71. The maximum atomic E-state index is 5.62. The second kappa shape index (κ2) is 17.3. The Morgan fingerprint density at radius 1 is 1.13 bits per heavy atom. The normalized spacial score (nSPS) is 16.2. The molecule has 1 aromatic carbocycles. The molecule has 1 aliphatic rings. The number of anilines is 1. The van der Waals surface area contributed by atoms with Crippen molar-refractivity contribution in [1.29, 1.82) is 0 Å². The molecule has 1 saturated heterocycles. The van der Waals surface area contributed by atoms with Crippen molar-refractivity contribution in [1.82, 2.24) is 10.6 Å². The van der Waals surface area contributed by atoms with Crippen LogP contribution in [0.1, 0.15) is 33.1 Å². The van der Waals surface area contributed by atoms with Gasteiger partial charge in [0.05, 0.1) is 26.9 Å². The first-order chi connectivity index (χ1) is 14.8. The van der Waals surface area contributed by atoms with E-state index in [4.69, 9.17) is 19.2 Å². The molecule has 2 N–H and O–H groups in total. The molecule has 2 rings (SSSR count). The lowest BCUT2D eigenvalue weighted by Gasteiger charge is -2.19. The highest BCUT2D eigenvalue weighted by Crippen LogP contribution is 2.26. The number of guanidine groups is 1. The number of nitrogens with one attached hydrogen (secondary N) is 2. The van der Waals surface area contributed by atoms with Crippen LogP contribution >= 0.6 is 24.0 Å². The molecule has 178 valence electrons. The van der Waals surface area contributed by atoms with Gasteiger partial charge in [0.2, 0.25) is 0 Å². The zero-order valence-electron chi connectivity index (χ0n) is 19.4. The average Bonchev–Trinajstić information content (AvgIpc) is 3.25. The van der Waals surface area contributed by atoms with Crippen LogP contribution in [0, 0.1) is 5.92 Å². The monoisotopic (exact) mass is 548 g/mol. The smallest absolute Gasteiger partial charge is 0.191 e. The fraction of sp³-hybridized carbons (Fsp3) is 0.696. The van der Waals surface area contributed by atoms with E-state index in [1.807, 2.05) is 12.1 Å². The van der Waals surface area contributed by atoms with Gasteiger partial charge >= 0.3 is 0 Å². The molecule has 0 aromatic heterocycles. The van der Waals surface area contributed by atoms with Crippen LogP contribution in [-0.4, -0.2) is 72.2 Å². The Balaban J connectivity index is 0.00000480. The number of hydrogen-bond donors (Lipinski definition) is 2. The lowest BCUT2D eigenvalue weighted by molar-refractivity contribution is 0.0487. The van der Waals surface area contributed by atoms with Gasteiger partial charge in [-0.05, 0) is 37.8 Å². The number of rotatable bonds is 14. The number of unbranched alkanes of at least 4 members (excludes halogenated alkanes) is 1. The molecule has 0 bridgehead atoms. The van der Waals surface area contributed by atoms with Gasteiger partial charge in [0.25, 0.3) is 0 Å². The first kappa shape index (κ1) is 27.8. The third-order valence-electron chi connectivity index (χ3n) is 5.11. The molecule has 1 heterocycles. The molecular formula is C23H41IN4O3. The maximum absolute atomic E-state index is 5.62. The summed E-state index contributed by atoms with van der Waals surface area (Å²) in [5.41, 5.74) is 1.22. The second-order valence-corrected chi connectivity index (χ2v) is 7.53. The van der Waals surface area contributed by atoms with E-state index in [1.165, 1.54) is 5.69 Å². The molecule has 0 saturated carbocycles. The number of methoxy groups -OCH3 is 1. The third-order valence-corrected chi connectivity index (χ3v) is 5.11. The van der Waals surface area contributed by atoms with Gasteiger partial charge in [-0.25, -0.2) is 0 Å². The van der Waals surface area contributed by atoms with Crippen LogP contribution in [0.5, 0.6) is 5.75 Å². The molecule has 1 unspecified atom stereocenters. The van der Waals surface area contributed by atoms with E-state index in [2.05, 4.69) is 41.5 Å². The average molecular weight is 549 g/mol. The predicted molar refractivity (Wildman–Crippen MR) is 139 cm³/mol. The minimum atomic E-state index is 0. The Morgan fingerprint density at radius 2 is 1.94 bits per heavy atom. The predicted octanol–water partition coefficient (Wildman–Crippen LogP) is 3.53. The van der Waals surface area contributed by atoms with Crippen LogP contribution in [0.2, 0.25) is 0 Å². The summed E-state index contributed by atoms with van der Waals surface area (Å²) in [5.74, 6) is 2.32. The number of benzene rings is 1. The van der Waals surface area contributed by atoms with Crippen molar-refractivity contribution in [3.8, 4) is 5.75 Å². The van der Waals surface area contributed by atoms with Crippen molar-refractivity contribution >= 4 is 35.6 Å². The van der Waals surface area contributed by atoms with E-state index in [0.29, 0.717) is 25.7 Å². The van der Waals surface area contributed by atoms with Gasteiger partial charge < -0.3 is 29.7 Å². The van der Waals surface area contributed by atoms with Gasteiger partial charge in [-0.15, -0.1) is 24.0 Å². The lowest BCUT2D eigenvalue weighted by Crippen LogP contribution is -2.39. The Labute approximate surface area is 205 Å². The molecule has 8 heteroatoms. The van der Waals surface area contributed by atoms with Crippen molar-refractivity contribution in [2.45, 2.75) is 33.1 Å². The molecule has 0 radical (unpaired) electrons. The van der Waals surface area contributed by atoms with Crippen LogP contribution in [0.15, 0.2) is 29.3 Å². The Hall–Kier alpha value is -1.26. The van der Waals surface area contributed by atoms with Crippen molar-refractivity contribution in [2.75, 3.05) is 71.2 Å². The van der Waals surface area contributed by atoms with E-state index in [1.54, 1.807) is 7.11 Å². The zero-order chi connectivity index (χ0) is 21.4. The molecular weight excluding hydrogens is 507 g/mol. The van der Waals surface area contributed by atoms with E-state index in [0.717, 1.165) is 70.3 Å². The fourth-order valence-electron chi connectivity index (χ4n) is 3.40. The highest BCUT2D eigenvalue weighted by Gasteiger charge is 2.22. The Morgan fingerprint density at radius 3 is 2.68 bits per heavy atom. The van der Waals surface area contributed by atoms with Gasteiger partial charge in [-0.3, -0.25) is 4.99 Å². The van der Waals surface area contributed by atoms with E-state index < -0.39 is 0 Å². The van der Waals surface area contributed by atoms with Crippen molar-refractivity contribution in [3.63, 3.8) is 0 Å². The molecule has 1 fully saturated rings. The van der Waals surface area contributed by atoms with Gasteiger partial charge in [0.15, 0.2) is 5.96 Å². The molecule has 7 nitrogen and oxygen atoms in total. The van der Waals surface area contributed by atoms with Crippen LogP contribution in [0.4, 0.5) is 5.69 Å². The second-order valence-electron chi connectivity index (χ2n) is 7.53. The number of ether oxygens (including phenoxy) is 3. The number of nitrogens with zero attached hydrogens (tertiary/aromatic N) is 2. The summed E-state index contributed by atoms with van der Waals surface area (Å²) in [6, 6.07) is 8.28. The molecule has 0 aliphatic carbocycles. The molecule has 31 heavy (non-hydrogen) atoms. The topological polar surface area (TPSA) is 67.4 Å². The van der Waals surface area contributed by atoms with Gasteiger partial charge in [-0.1, -0.05) is 19.4 Å². The number of aliphatic imine (C=N–C) groups is 1. The molecule has 1 atom stereocenters. The SMILES string of the molecule is CCCCOCCOCCNC(=NCC1CCN(c2cccc(OC)c2)C1)NCC.I. The minimum Gasteiger partial charge on any atom is -0.497 e. The summed E-state index contributed by atoms with van der Waals surface area (Å²) < 4.78 is 16.5. The van der Waals surface area contributed by atoms with Crippen molar-refractivity contribution < 1.29 is 14.2 Å². The van der Waals surface area contributed by atoms with E-state index >= 15 is 0 Å². The molecule has 0 amide bonds. The summed E-state index contributed by atoms with van der Waals surface area (Å²) >= 11 is 0. The largest absolute Gasteiger partial charge is 0.497 e. The highest BCUT2D eigenvalue weighted by atomic mass is 127. The lowest BCUT2D eigenvalue weighted by atomic mass is 10.1. The third kappa shape index (κ3) is 11.2. The van der Waals surface area contributed by atoms with E-state index in [9.17, 15) is 0 Å². The summed E-state index contributed by atoms with van der Waals surface area (Å²) in [6.45, 7) is 11.5. The van der Waals surface area contributed by atoms with Gasteiger partial charge in [0, 0.05) is 51.1 Å². The molecule has 1 aromatic rings. The van der Waals surface area contributed by atoms with Gasteiger partial charge in [-0.2, -0.15) is 0 Å². The summed E-state index contributed by atoms with van der Waals surface area (Å²) in [4.78, 5) is 7.20. The Bertz CT molecular complexity index is 618. The molecule has 1 aliphatic heterocycles. The summed E-state index contributed by atoms with van der Waals surface area (Å²) in [6.07, 6.45) is 3.43. The quantitative estimate of drug-likeness (QED) is 0.161. The Kier molecular flexibility index (Phi) is 15.5.